The summed E-state index contributed by atoms with van der Waals surface area (Å²) in [4.78, 5) is 16.9. The van der Waals surface area contributed by atoms with E-state index in [1.54, 1.807) is 11.3 Å². The number of guanidine groups is 1. The fourth-order valence-electron chi connectivity index (χ4n) is 3.27. The molecule has 2 aromatic rings. The fraction of sp³-hybridized carbons (Fsp3) is 0.429. The fourth-order valence-corrected chi connectivity index (χ4v) is 3.93. The highest BCUT2D eigenvalue weighted by Crippen LogP contribution is 2.26. The first-order valence-corrected chi connectivity index (χ1v) is 10.6. The molecule has 1 saturated carbocycles. The third-order valence-corrected chi connectivity index (χ3v) is 5.46. The van der Waals surface area contributed by atoms with Crippen molar-refractivity contribution in [1.82, 2.24) is 10.6 Å². The first kappa shape index (κ1) is 19.4. The number of hydrogen-bond donors (Lipinski definition) is 3. The molecule has 0 atom stereocenters. The van der Waals surface area contributed by atoms with Gasteiger partial charge in [0.25, 0.3) is 0 Å². The van der Waals surface area contributed by atoms with Crippen LogP contribution in [0.1, 0.15) is 43.7 Å². The Labute approximate surface area is 165 Å². The summed E-state index contributed by atoms with van der Waals surface area (Å²) in [6.07, 6.45) is 4.36. The van der Waals surface area contributed by atoms with Crippen molar-refractivity contribution in [3.05, 3.63) is 52.2 Å². The number of thiophene rings is 1. The molecular formula is C21H28N4OS. The number of nitrogens with zero attached hydrogens (tertiary/aromatic N) is 1. The lowest BCUT2D eigenvalue weighted by Gasteiger charge is -2.13. The summed E-state index contributed by atoms with van der Waals surface area (Å²) in [5.74, 6) is 1.13. The van der Waals surface area contributed by atoms with Crippen molar-refractivity contribution in [2.24, 2.45) is 10.9 Å². The van der Waals surface area contributed by atoms with Gasteiger partial charge in [-0.3, -0.25) is 4.79 Å². The lowest BCUT2D eigenvalue weighted by molar-refractivity contribution is -0.119. The first-order chi connectivity index (χ1) is 13.2. The first-order valence-electron chi connectivity index (χ1n) is 9.67. The predicted octanol–water partition coefficient (Wildman–Crippen LogP) is 4.13. The minimum Gasteiger partial charge on any atom is -0.357 e. The average molecular weight is 385 g/mol. The summed E-state index contributed by atoms with van der Waals surface area (Å²) in [7, 11) is 0. The second-order valence-corrected chi connectivity index (χ2v) is 7.63. The van der Waals surface area contributed by atoms with Crippen LogP contribution in [-0.2, 0) is 17.9 Å². The van der Waals surface area contributed by atoms with Crippen molar-refractivity contribution in [3.63, 3.8) is 0 Å². The molecule has 1 aliphatic carbocycles. The van der Waals surface area contributed by atoms with E-state index in [4.69, 9.17) is 0 Å². The topological polar surface area (TPSA) is 65.5 Å². The van der Waals surface area contributed by atoms with Gasteiger partial charge in [0.1, 0.15) is 0 Å². The molecule has 5 nitrogen and oxygen atoms in total. The van der Waals surface area contributed by atoms with Crippen LogP contribution in [0.3, 0.4) is 0 Å². The van der Waals surface area contributed by atoms with Crippen molar-refractivity contribution >= 4 is 28.9 Å². The van der Waals surface area contributed by atoms with Crippen molar-refractivity contribution in [2.75, 3.05) is 11.9 Å². The number of anilines is 1. The van der Waals surface area contributed by atoms with Crippen LogP contribution in [0, 0.1) is 5.92 Å². The maximum atomic E-state index is 12.3. The van der Waals surface area contributed by atoms with Gasteiger partial charge in [-0.2, -0.15) is 11.3 Å². The smallest absolute Gasteiger partial charge is 0.227 e. The van der Waals surface area contributed by atoms with Gasteiger partial charge in [0.2, 0.25) is 5.91 Å². The summed E-state index contributed by atoms with van der Waals surface area (Å²) in [6, 6.07) is 10.1. The minimum atomic E-state index is 0.156. The Morgan fingerprint density at radius 3 is 2.78 bits per heavy atom. The van der Waals surface area contributed by atoms with Gasteiger partial charge in [0, 0.05) is 24.7 Å². The Bertz CT molecular complexity index is 751. The van der Waals surface area contributed by atoms with Crippen molar-refractivity contribution in [1.29, 1.82) is 0 Å². The Hall–Kier alpha value is -2.34. The van der Waals surface area contributed by atoms with Crippen LogP contribution in [0.5, 0.6) is 0 Å². The van der Waals surface area contributed by atoms with Gasteiger partial charge in [-0.05, 0) is 59.9 Å². The molecule has 3 rings (SSSR count). The number of hydrogen-bond acceptors (Lipinski definition) is 3. The summed E-state index contributed by atoms with van der Waals surface area (Å²) in [6.45, 7) is 4.19. The zero-order valence-electron chi connectivity index (χ0n) is 15.8. The normalized spacial score (nSPS) is 14.9. The highest BCUT2D eigenvalue weighted by atomic mass is 32.1. The zero-order chi connectivity index (χ0) is 18.9. The number of carbonyl (C=O) groups is 1. The van der Waals surface area contributed by atoms with Crippen LogP contribution in [0.25, 0.3) is 0 Å². The maximum absolute atomic E-state index is 12.3. The molecule has 1 aromatic carbocycles. The van der Waals surface area contributed by atoms with Crippen LogP contribution in [0.2, 0.25) is 0 Å². The monoisotopic (exact) mass is 384 g/mol. The SMILES string of the molecule is CCNC(=NCc1ccsc1)NCc1cccc(NC(=O)C2CCCC2)c1. The Balaban J connectivity index is 1.55. The Kier molecular flexibility index (Phi) is 7.27. The third kappa shape index (κ3) is 6.10. The van der Waals surface area contributed by atoms with Crippen LogP contribution >= 0.6 is 11.3 Å². The quantitative estimate of drug-likeness (QED) is 0.497. The number of amides is 1. The Morgan fingerprint density at radius 1 is 1.19 bits per heavy atom. The summed E-state index contributed by atoms with van der Waals surface area (Å²) in [5.41, 5.74) is 3.19. The highest BCUT2D eigenvalue weighted by Gasteiger charge is 2.22. The van der Waals surface area contributed by atoms with Gasteiger partial charge in [-0.25, -0.2) is 4.99 Å². The number of carbonyl (C=O) groups excluding carboxylic acids is 1. The molecular weight excluding hydrogens is 356 g/mol. The van der Waals surface area contributed by atoms with Crippen LogP contribution < -0.4 is 16.0 Å². The second kappa shape index (κ2) is 10.1. The molecule has 1 amide bonds. The zero-order valence-corrected chi connectivity index (χ0v) is 16.6. The molecule has 0 spiro atoms. The van der Waals surface area contributed by atoms with Crippen LogP contribution in [0.15, 0.2) is 46.1 Å². The molecule has 6 heteroatoms. The van der Waals surface area contributed by atoms with Crippen molar-refractivity contribution in [2.45, 2.75) is 45.7 Å². The number of rotatable bonds is 7. The molecule has 0 aliphatic heterocycles. The average Bonchev–Trinajstić information content (AvgIpc) is 3.38. The van der Waals surface area contributed by atoms with Crippen LogP contribution in [0.4, 0.5) is 5.69 Å². The molecule has 27 heavy (non-hydrogen) atoms. The van der Waals surface area contributed by atoms with Crippen molar-refractivity contribution < 1.29 is 4.79 Å². The van der Waals surface area contributed by atoms with E-state index in [-0.39, 0.29) is 11.8 Å². The number of nitrogens with one attached hydrogen (secondary N) is 3. The molecule has 0 radical (unpaired) electrons. The van der Waals surface area contributed by atoms with E-state index in [2.05, 4.69) is 50.8 Å². The lowest BCUT2D eigenvalue weighted by atomic mass is 10.1. The lowest BCUT2D eigenvalue weighted by Crippen LogP contribution is -2.36. The van der Waals surface area contributed by atoms with E-state index in [1.807, 2.05) is 18.2 Å². The van der Waals surface area contributed by atoms with E-state index in [0.717, 1.165) is 36.6 Å². The van der Waals surface area contributed by atoms with Gasteiger partial charge in [-0.1, -0.05) is 25.0 Å². The summed E-state index contributed by atoms with van der Waals surface area (Å²) in [5, 5.41) is 13.9. The molecule has 1 fully saturated rings. The predicted molar refractivity (Wildman–Crippen MR) is 113 cm³/mol. The minimum absolute atomic E-state index is 0.156. The number of benzene rings is 1. The van der Waals surface area contributed by atoms with E-state index < -0.39 is 0 Å². The van der Waals surface area contributed by atoms with E-state index in [9.17, 15) is 4.79 Å². The van der Waals surface area contributed by atoms with Crippen molar-refractivity contribution in [3.8, 4) is 0 Å². The van der Waals surface area contributed by atoms with E-state index >= 15 is 0 Å². The van der Waals surface area contributed by atoms with E-state index in [1.165, 1.54) is 18.4 Å². The summed E-state index contributed by atoms with van der Waals surface area (Å²) >= 11 is 1.69. The molecule has 3 N–H and O–H groups in total. The second-order valence-electron chi connectivity index (χ2n) is 6.85. The van der Waals surface area contributed by atoms with Gasteiger partial charge in [0.05, 0.1) is 6.54 Å². The highest BCUT2D eigenvalue weighted by molar-refractivity contribution is 7.07. The molecule has 1 aliphatic rings. The van der Waals surface area contributed by atoms with Gasteiger partial charge < -0.3 is 16.0 Å². The molecule has 0 unspecified atom stereocenters. The molecule has 144 valence electrons. The largest absolute Gasteiger partial charge is 0.357 e. The number of aliphatic imine (C=N–C) groups is 1. The van der Waals surface area contributed by atoms with Crippen LogP contribution in [-0.4, -0.2) is 18.4 Å². The van der Waals surface area contributed by atoms with Gasteiger partial charge in [0.15, 0.2) is 5.96 Å². The Morgan fingerprint density at radius 2 is 2.04 bits per heavy atom. The van der Waals surface area contributed by atoms with E-state index in [0.29, 0.717) is 13.1 Å². The van der Waals surface area contributed by atoms with Gasteiger partial charge >= 0.3 is 0 Å². The third-order valence-electron chi connectivity index (χ3n) is 4.72. The van der Waals surface area contributed by atoms with Gasteiger partial charge in [-0.15, -0.1) is 0 Å². The maximum Gasteiger partial charge on any atom is 0.227 e. The summed E-state index contributed by atoms with van der Waals surface area (Å²) < 4.78 is 0. The molecule has 0 bridgehead atoms. The standard InChI is InChI=1S/C21H28N4OS/c1-2-22-21(24-14-17-10-11-27-15-17)23-13-16-6-5-9-19(12-16)25-20(26)18-7-3-4-8-18/h5-6,9-12,15,18H,2-4,7-8,13-14H2,1H3,(H,25,26)(H2,22,23,24). The molecule has 1 heterocycles. The molecule has 0 saturated heterocycles. The molecule has 1 aromatic heterocycles.